The van der Waals surface area contributed by atoms with Gasteiger partial charge in [0, 0.05) is 23.0 Å². The second-order valence-corrected chi connectivity index (χ2v) is 9.23. The van der Waals surface area contributed by atoms with E-state index in [0.29, 0.717) is 39.6 Å². The van der Waals surface area contributed by atoms with Crippen molar-refractivity contribution in [2.24, 2.45) is 11.1 Å². The molecule has 1 saturated heterocycles. The maximum atomic E-state index is 12.5. The predicted octanol–water partition coefficient (Wildman–Crippen LogP) is 2.59. The molecular weight excluding hydrogens is 368 g/mol. The van der Waals surface area contributed by atoms with Gasteiger partial charge in [-0.15, -0.1) is 11.3 Å². The van der Waals surface area contributed by atoms with Crippen LogP contribution < -0.4 is 5.73 Å². The number of halogens is 1. The van der Waals surface area contributed by atoms with Crippen LogP contribution in [0.3, 0.4) is 0 Å². The largest absolute Gasteiger partial charge is 0.393 e. The molecule has 19 heavy (non-hydrogen) atoms. The summed E-state index contributed by atoms with van der Waals surface area (Å²) in [7, 11) is -3.40. The first-order valence-corrected chi connectivity index (χ1v) is 9.32. The molecule has 0 spiro atoms. The van der Waals surface area contributed by atoms with E-state index < -0.39 is 10.0 Å². The highest BCUT2D eigenvalue weighted by Gasteiger charge is 2.38. The van der Waals surface area contributed by atoms with Crippen molar-refractivity contribution in [3.05, 3.63) is 15.9 Å². The summed E-state index contributed by atoms with van der Waals surface area (Å²) in [6, 6.07) is 1.75. The van der Waals surface area contributed by atoms with E-state index in [0.717, 1.165) is 0 Å². The molecule has 0 radical (unpaired) electrons. The average molecular weight is 383 g/mol. The molecule has 2 rings (SSSR count). The van der Waals surface area contributed by atoms with Gasteiger partial charge in [0.2, 0.25) is 0 Å². The summed E-state index contributed by atoms with van der Waals surface area (Å²) >= 11 is 9.57. The highest BCUT2D eigenvalue weighted by Crippen LogP contribution is 2.36. The Kier molecular flexibility index (Phi) is 4.37. The molecule has 1 fully saturated rings. The Hall–Kier alpha value is -0.0200. The lowest BCUT2D eigenvalue weighted by atomic mass is 9.81. The van der Waals surface area contributed by atoms with Crippen LogP contribution in [-0.4, -0.2) is 30.8 Å². The van der Waals surface area contributed by atoms with Crippen molar-refractivity contribution in [2.45, 2.75) is 24.0 Å². The van der Waals surface area contributed by atoms with Gasteiger partial charge in [0.15, 0.2) is 0 Å². The molecule has 0 saturated carbocycles. The van der Waals surface area contributed by atoms with Crippen molar-refractivity contribution in [1.82, 2.24) is 4.31 Å². The summed E-state index contributed by atoms with van der Waals surface area (Å²) in [5.74, 6) is 0. The van der Waals surface area contributed by atoms with Gasteiger partial charge in [0.05, 0.1) is 4.99 Å². The van der Waals surface area contributed by atoms with E-state index in [2.05, 4.69) is 15.9 Å². The van der Waals surface area contributed by atoms with Gasteiger partial charge in [-0.2, -0.15) is 4.31 Å². The van der Waals surface area contributed by atoms with E-state index in [9.17, 15) is 8.42 Å². The topological polar surface area (TPSA) is 63.4 Å². The number of piperidine rings is 1. The molecule has 0 amide bonds. The lowest BCUT2D eigenvalue weighted by Gasteiger charge is -2.37. The van der Waals surface area contributed by atoms with E-state index >= 15 is 0 Å². The Labute approximate surface area is 131 Å². The molecular formula is C11H15BrN2O2S3. The number of thiophene rings is 1. The van der Waals surface area contributed by atoms with Crippen molar-refractivity contribution in [1.29, 1.82) is 0 Å². The number of hydrogen-bond acceptors (Lipinski definition) is 4. The Balaban J connectivity index is 2.19. The molecule has 0 atom stereocenters. The normalized spacial score (nSPS) is 20.3. The van der Waals surface area contributed by atoms with Crippen LogP contribution in [-0.2, 0) is 10.0 Å². The van der Waals surface area contributed by atoms with Crippen molar-refractivity contribution in [2.75, 3.05) is 13.1 Å². The van der Waals surface area contributed by atoms with E-state index in [1.807, 2.05) is 6.92 Å². The quantitative estimate of drug-likeness (QED) is 0.815. The van der Waals surface area contributed by atoms with Crippen LogP contribution in [0.15, 0.2) is 20.1 Å². The predicted molar refractivity (Wildman–Crippen MR) is 84.9 cm³/mol. The minimum atomic E-state index is -3.40. The summed E-state index contributed by atoms with van der Waals surface area (Å²) in [6.07, 6.45) is 1.34. The summed E-state index contributed by atoms with van der Waals surface area (Å²) in [5.41, 5.74) is 5.50. The third-order valence-electron chi connectivity index (χ3n) is 3.58. The highest BCUT2D eigenvalue weighted by atomic mass is 79.9. The van der Waals surface area contributed by atoms with Crippen LogP contribution in [0, 0.1) is 5.41 Å². The summed E-state index contributed by atoms with van der Waals surface area (Å²) in [5, 5.41) is 1.76. The maximum absolute atomic E-state index is 12.5. The van der Waals surface area contributed by atoms with Crippen LogP contribution in [0.25, 0.3) is 0 Å². The Morgan fingerprint density at radius 2 is 2.11 bits per heavy atom. The number of rotatable bonds is 3. The molecule has 106 valence electrons. The Morgan fingerprint density at radius 1 is 1.53 bits per heavy atom. The molecule has 4 nitrogen and oxygen atoms in total. The molecule has 0 unspecified atom stereocenters. The minimum Gasteiger partial charge on any atom is -0.393 e. The van der Waals surface area contributed by atoms with Crippen molar-refractivity contribution < 1.29 is 8.42 Å². The van der Waals surface area contributed by atoms with E-state index in [4.69, 9.17) is 18.0 Å². The zero-order valence-electron chi connectivity index (χ0n) is 10.4. The molecule has 2 heterocycles. The standard InChI is InChI=1S/C11H15BrN2O2S3/c1-11(10(13)17)3-5-14(6-4-11)19(15,16)9-8(12)2-7-18-9/h2,7H,3-6H2,1H3,(H2,13,17). The number of thiocarbonyl (C=S) groups is 1. The summed E-state index contributed by atoms with van der Waals surface area (Å²) in [4.78, 5) is 0.474. The van der Waals surface area contributed by atoms with E-state index in [-0.39, 0.29) is 5.41 Å². The van der Waals surface area contributed by atoms with Crippen molar-refractivity contribution in [3.8, 4) is 0 Å². The molecule has 1 aromatic rings. The van der Waals surface area contributed by atoms with Crippen LogP contribution >= 0.6 is 39.5 Å². The Bertz CT molecular complexity index is 589. The van der Waals surface area contributed by atoms with Gasteiger partial charge in [0.1, 0.15) is 4.21 Å². The molecule has 1 aliphatic heterocycles. The zero-order valence-corrected chi connectivity index (χ0v) is 14.5. The Morgan fingerprint density at radius 3 is 2.53 bits per heavy atom. The SMILES string of the molecule is CC1(C(N)=S)CCN(S(=O)(=O)c2sccc2Br)CC1. The van der Waals surface area contributed by atoms with Crippen LogP contribution in [0.1, 0.15) is 19.8 Å². The minimum absolute atomic E-state index is 0.228. The highest BCUT2D eigenvalue weighted by molar-refractivity contribution is 9.10. The smallest absolute Gasteiger partial charge is 0.253 e. The molecule has 0 bridgehead atoms. The summed E-state index contributed by atoms with van der Waals surface area (Å²) < 4.78 is 27.5. The van der Waals surface area contributed by atoms with Crippen molar-refractivity contribution in [3.63, 3.8) is 0 Å². The van der Waals surface area contributed by atoms with Crippen molar-refractivity contribution >= 4 is 54.5 Å². The molecule has 1 aliphatic rings. The maximum Gasteiger partial charge on any atom is 0.253 e. The van der Waals surface area contributed by atoms with Gasteiger partial charge in [-0.05, 0) is 40.2 Å². The lowest BCUT2D eigenvalue weighted by Crippen LogP contribution is -2.46. The first kappa shape index (κ1) is 15.4. The first-order valence-electron chi connectivity index (χ1n) is 5.80. The van der Waals surface area contributed by atoms with Gasteiger partial charge >= 0.3 is 0 Å². The third kappa shape index (κ3) is 2.87. The molecule has 0 aliphatic carbocycles. The number of nitrogens with two attached hydrogens (primary N) is 1. The first-order chi connectivity index (χ1) is 8.77. The lowest BCUT2D eigenvalue weighted by molar-refractivity contribution is 0.244. The number of sulfonamides is 1. The van der Waals surface area contributed by atoms with Crippen LogP contribution in [0.4, 0.5) is 0 Å². The van der Waals surface area contributed by atoms with Gasteiger partial charge in [-0.3, -0.25) is 0 Å². The second-order valence-electron chi connectivity index (χ2n) is 4.88. The number of nitrogens with zero attached hydrogens (tertiary/aromatic N) is 1. The van der Waals surface area contributed by atoms with E-state index in [1.54, 1.807) is 11.4 Å². The average Bonchev–Trinajstić information content (AvgIpc) is 2.76. The fourth-order valence-electron chi connectivity index (χ4n) is 2.05. The van der Waals surface area contributed by atoms with Crippen LogP contribution in [0.5, 0.6) is 0 Å². The van der Waals surface area contributed by atoms with Crippen LogP contribution in [0.2, 0.25) is 0 Å². The summed E-state index contributed by atoms with van der Waals surface area (Å²) in [6.45, 7) is 2.92. The fourth-order valence-corrected chi connectivity index (χ4v) is 6.14. The number of hydrogen-bond donors (Lipinski definition) is 1. The molecule has 8 heteroatoms. The van der Waals surface area contributed by atoms with E-state index in [1.165, 1.54) is 15.6 Å². The van der Waals surface area contributed by atoms with Gasteiger partial charge in [-0.1, -0.05) is 19.1 Å². The third-order valence-corrected chi connectivity index (χ3v) is 8.62. The zero-order chi connectivity index (χ0) is 14.3. The molecule has 2 N–H and O–H groups in total. The molecule has 0 aromatic carbocycles. The monoisotopic (exact) mass is 382 g/mol. The van der Waals surface area contributed by atoms with Gasteiger partial charge in [-0.25, -0.2) is 8.42 Å². The molecule has 1 aromatic heterocycles. The van der Waals surface area contributed by atoms with Gasteiger partial charge < -0.3 is 5.73 Å². The van der Waals surface area contributed by atoms with Gasteiger partial charge in [0.25, 0.3) is 10.0 Å². The second kappa shape index (κ2) is 5.40. The fraction of sp³-hybridized carbons (Fsp3) is 0.545.